The molecule has 0 radical (unpaired) electrons. The molecule has 2 heterocycles. The smallest absolute Gasteiger partial charge is 0.0839 e. The SMILES string of the molecule is ClCCc1cn(CCOC2CCSCC2)nn1. The summed E-state index contributed by atoms with van der Waals surface area (Å²) in [7, 11) is 0. The van der Waals surface area contributed by atoms with E-state index in [0.29, 0.717) is 12.0 Å². The molecule has 1 aliphatic rings. The lowest BCUT2D eigenvalue weighted by Crippen LogP contribution is -2.21. The van der Waals surface area contributed by atoms with Crippen LogP contribution in [-0.2, 0) is 17.7 Å². The van der Waals surface area contributed by atoms with E-state index in [-0.39, 0.29) is 0 Å². The van der Waals surface area contributed by atoms with Crippen molar-refractivity contribution in [3.63, 3.8) is 0 Å². The maximum Gasteiger partial charge on any atom is 0.0839 e. The number of nitrogens with zero attached hydrogens (tertiary/aromatic N) is 3. The zero-order valence-corrected chi connectivity index (χ0v) is 11.4. The van der Waals surface area contributed by atoms with Crippen molar-refractivity contribution >= 4 is 23.4 Å². The number of rotatable bonds is 6. The number of hydrogen-bond donors (Lipinski definition) is 0. The Morgan fingerprint density at radius 3 is 3.06 bits per heavy atom. The molecular formula is C11H18ClN3OS. The van der Waals surface area contributed by atoms with E-state index >= 15 is 0 Å². The number of hydrogen-bond acceptors (Lipinski definition) is 4. The highest BCUT2D eigenvalue weighted by Crippen LogP contribution is 2.19. The van der Waals surface area contributed by atoms with Crippen LogP contribution in [0.4, 0.5) is 0 Å². The second-order valence-electron chi connectivity index (χ2n) is 4.09. The third-order valence-corrected chi connectivity index (χ3v) is 4.02. The van der Waals surface area contributed by atoms with Gasteiger partial charge < -0.3 is 4.74 Å². The maximum atomic E-state index is 5.83. The Kier molecular flexibility index (Phi) is 5.61. The fourth-order valence-corrected chi connectivity index (χ4v) is 3.07. The summed E-state index contributed by atoms with van der Waals surface area (Å²) >= 11 is 7.66. The van der Waals surface area contributed by atoms with Gasteiger partial charge in [-0.05, 0) is 24.3 Å². The fourth-order valence-electron chi connectivity index (χ4n) is 1.81. The molecule has 0 aromatic carbocycles. The first-order valence-corrected chi connectivity index (χ1v) is 7.71. The summed E-state index contributed by atoms with van der Waals surface area (Å²) in [4.78, 5) is 0. The van der Waals surface area contributed by atoms with Crippen LogP contribution in [0.3, 0.4) is 0 Å². The molecule has 0 bridgehead atoms. The largest absolute Gasteiger partial charge is 0.376 e. The van der Waals surface area contributed by atoms with Crippen molar-refractivity contribution in [3.05, 3.63) is 11.9 Å². The summed E-state index contributed by atoms with van der Waals surface area (Å²) in [6, 6.07) is 0. The van der Waals surface area contributed by atoms with Crippen LogP contribution in [0.1, 0.15) is 18.5 Å². The van der Waals surface area contributed by atoms with E-state index in [1.807, 2.05) is 22.6 Å². The monoisotopic (exact) mass is 275 g/mol. The maximum absolute atomic E-state index is 5.83. The number of halogens is 1. The topological polar surface area (TPSA) is 39.9 Å². The number of aryl methyl sites for hydroxylation is 1. The molecule has 1 fully saturated rings. The lowest BCUT2D eigenvalue weighted by molar-refractivity contribution is 0.0413. The summed E-state index contributed by atoms with van der Waals surface area (Å²) < 4.78 is 7.66. The molecule has 1 aromatic rings. The fraction of sp³-hybridized carbons (Fsp3) is 0.818. The Balaban J connectivity index is 1.66. The lowest BCUT2D eigenvalue weighted by Gasteiger charge is -2.21. The molecule has 0 unspecified atom stereocenters. The summed E-state index contributed by atoms with van der Waals surface area (Å²) in [6.45, 7) is 1.50. The van der Waals surface area contributed by atoms with Gasteiger partial charge in [0.2, 0.25) is 0 Å². The first-order chi connectivity index (χ1) is 8.38. The number of alkyl halides is 1. The molecule has 6 heteroatoms. The molecule has 0 spiro atoms. The Bertz CT molecular complexity index is 328. The summed E-state index contributed by atoms with van der Waals surface area (Å²) in [6.07, 6.45) is 5.53. The minimum Gasteiger partial charge on any atom is -0.376 e. The van der Waals surface area contributed by atoms with Gasteiger partial charge in [0.1, 0.15) is 0 Å². The average Bonchev–Trinajstić information content (AvgIpc) is 2.79. The number of thioether (sulfide) groups is 1. The van der Waals surface area contributed by atoms with Gasteiger partial charge in [0.15, 0.2) is 0 Å². The van der Waals surface area contributed by atoms with Gasteiger partial charge in [-0.3, -0.25) is 0 Å². The van der Waals surface area contributed by atoms with Crippen molar-refractivity contribution in [1.29, 1.82) is 0 Å². The van der Waals surface area contributed by atoms with Gasteiger partial charge in [-0.1, -0.05) is 5.21 Å². The Hall–Kier alpha value is -0.260. The molecule has 0 amide bonds. The van der Waals surface area contributed by atoms with Crippen LogP contribution in [0.15, 0.2) is 6.20 Å². The first-order valence-electron chi connectivity index (χ1n) is 6.03. The van der Waals surface area contributed by atoms with Crippen molar-refractivity contribution in [2.45, 2.75) is 31.9 Å². The van der Waals surface area contributed by atoms with E-state index in [1.54, 1.807) is 0 Å². The van der Waals surface area contributed by atoms with E-state index in [2.05, 4.69) is 10.3 Å². The van der Waals surface area contributed by atoms with Gasteiger partial charge in [0.25, 0.3) is 0 Å². The molecule has 0 aliphatic carbocycles. The van der Waals surface area contributed by atoms with Crippen LogP contribution in [0.25, 0.3) is 0 Å². The third-order valence-electron chi connectivity index (χ3n) is 2.78. The van der Waals surface area contributed by atoms with E-state index in [1.165, 1.54) is 24.3 Å². The van der Waals surface area contributed by atoms with E-state index < -0.39 is 0 Å². The molecule has 17 heavy (non-hydrogen) atoms. The molecule has 0 atom stereocenters. The van der Waals surface area contributed by atoms with Crippen molar-refractivity contribution in [3.8, 4) is 0 Å². The third kappa shape index (κ3) is 4.48. The van der Waals surface area contributed by atoms with Crippen molar-refractivity contribution < 1.29 is 4.74 Å². The first kappa shape index (κ1) is 13.2. The Morgan fingerprint density at radius 2 is 2.29 bits per heavy atom. The number of aromatic nitrogens is 3. The van der Waals surface area contributed by atoms with Gasteiger partial charge in [-0.2, -0.15) is 11.8 Å². The summed E-state index contributed by atoms with van der Waals surface area (Å²) in [5.41, 5.74) is 0.953. The van der Waals surface area contributed by atoms with E-state index in [4.69, 9.17) is 16.3 Å². The van der Waals surface area contributed by atoms with Gasteiger partial charge in [0.05, 0.1) is 24.9 Å². The highest BCUT2D eigenvalue weighted by atomic mass is 35.5. The molecule has 1 saturated heterocycles. The van der Waals surface area contributed by atoms with Gasteiger partial charge in [0, 0.05) is 18.5 Å². The lowest BCUT2D eigenvalue weighted by atomic mass is 10.2. The molecule has 1 aromatic heterocycles. The zero-order valence-electron chi connectivity index (χ0n) is 9.85. The molecule has 1 aliphatic heterocycles. The highest BCUT2D eigenvalue weighted by Gasteiger charge is 2.13. The van der Waals surface area contributed by atoms with E-state index in [0.717, 1.165) is 25.3 Å². The predicted octanol–water partition coefficient (Wildman–Crippen LogP) is 1.97. The Morgan fingerprint density at radius 1 is 1.47 bits per heavy atom. The summed E-state index contributed by atoms with van der Waals surface area (Å²) in [5, 5.41) is 8.08. The minimum absolute atomic E-state index is 0.446. The van der Waals surface area contributed by atoms with Crippen LogP contribution >= 0.6 is 23.4 Å². The second kappa shape index (κ2) is 7.24. The van der Waals surface area contributed by atoms with Crippen LogP contribution in [0, 0.1) is 0 Å². The Labute approximate surface area is 111 Å². The molecule has 2 rings (SSSR count). The standard InChI is InChI=1S/C11H18ClN3OS/c12-4-1-10-9-15(14-13-10)5-6-16-11-2-7-17-8-3-11/h9,11H,1-8H2. The van der Waals surface area contributed by atoms with Crippen molar-refractivity contribution in [2.75, 3.05) is 24.0 Å². The van der Waals surface area contributed by atoms with Gasteiger partial charge in [-0.15, -0.1) is 16.7 Å². The normalized spacial score (nSPS) is 17.5. The predicted molar refractivity (Wildman–Crippen MR) is 70.7 cm³/mol. The highest BCUT2D eigenvalue weighted by molar-refractivity contribution is 7.99. The zero-order chi connectivity index (χ0) is 11.9. The average molecular weight is 276 g/mol. The van der Waals surface area contributed by atoms with Gasteiger partial charge >= 0.3 is 0 Å². The number of ether oxygens (including phenoxy) is 1. The quantitative estimate of drug-likeness (QED) is 0.745. The van der Waals surface area contributed by atoms with Crippen LogP contribution in [0.5, 0.6) is 0 Å². The van der Waals surface area contributed by atoms with Crippen molar-refractivity contribution in [2.24, 2.45) is 0 Å². The van der Waals surface area contributed by atoms with Crippen LogP contribution in [0.2, 0.25) is 0 Å². The minimum atomic E-state index is 0.446. The second-order valence-corrected chi connectivity index (χ2v) is 5.70. The van der Waals surface area contributed by atoms with E-state index in [9.17, 15) is 0 Å². The van der Waals surface area contributed by atoms with Crippen LogP contribution < -0.4 is 0 Å². The summed E-state index contributed by atoms with van der Waals surface area (Å²) in [5.74, 6) is 3.05. The molecule has 4 nitrogen and oxygen atoms in total. The molecule has 0 saturated carbocycles. The van der Waals surface area contributed by atoms with Crippen LogP contribution in [-0.4, -0.2) is 45.1 Å². The molecule has 96 valence electrons. The van der Waals surface area contributed by atoms with Gasteiger partial charge in [-0.25, -0.2) is 4.68 Å². The van der Waals surface area contributed by atoms with Crippen molar-refractivity contribution in [1.82, 2.24) is 15.0 Å². The molecule has 0 N–H and O–H groups in total. The molecular weight excluding hydrogens is 258 g/mol.